The molecular weight excluding hydrogens is 220 g/mol. The van der Waals surface area contributed by atoms with Crippen LogP contribution in [0.25, 0.3) is 0 Å². The second-order valence-electron chi connectivity index (χ2n) is 3.91. The first-order chi connectivity index (χ1) is 7.97. The van der Waals surface area contributed by atoms with Crippen LogP contribution in [0.3, 0.4) is 0 Å². The van der Waals surface area contributed by atoms with E-state index < -0.39 is 5.91 Å². The van der Waals surface area contributed by atoms with Gasteiger partial charge in [0.25, 0.3) is 5.91 Å². The van der Waals surface area contributed by atoms with Gasteiger partial charge in [-0.2, -0.15) is 0 Å². The molecular formula is C11H18N4O2. The van der Waals surface area contributed by atoms with Crippen molar-refractivity contribution in [3.63, 3.8) is 0 Å². The van der Waals surface area contributed by atoms with Crippen LogP contribution < -0.4 is 16.4 Å². The number of nitrogens with zero attached hydrogens (tertiary/aromatic N) is 2. The number of amides is 1. The number of carbonyl (C=O) groups excluding carboxylic acids is 1. The minimum Gasteiger partial charge on any atom is -0.397 e. The standard InChI is InChI=1S/C11H18N4O2/c1-7(6-17-3)15(2)10-4-8(11(13)16)9(12)5-14-10/h4-5,7H,6,12H2,1-3H3,(H2,13,16). The largest absolute Gasteiger partial charge is 0.397 e. The number of methoxy groups -OCH3 is 1. The fourth-order valence-electron chi connectivity index (χ4n) is 1.44. The Balaban J connectivity index is 2.99. The number of nitrogen functional groups attached to an aromatic ring is 1. The van der Waals surface area contributed by atoms with E-state index >= 15 is 0 Å². The summed E-state index contributed by atoms with van der Waals surface area (Å²) < 4.78 is 5.06. The Labute approximate surface area is 101 Å². The second kappa shape index (κ2) is 5.49. The Morgan fingerprint density at radius 1 is 1.65 bits per heavy atom. The van der Waals surface area contributed by atoms with Gasteiger partial charge in [-0.15, -0.1) is 0 Å². The molecule has 6 nitrogen and oxygen atoms in total. The van der Waals surface area contributed by atoms with Crippen LogP contribution in [0, 0.1) is 0 Å². The zero-order valence-corrected chi connectivity index (χ0v) is 10.3. The smallest absolute Gasteiger partial charge is 0.250 e. The lowest BCUT2D eigenvalue weighted by atomic mass is 10.2. The van der Waals surface area contributed by atoms with E-state index in [4.69, 9.17) is 16.2 Å². The van der Waals surface area contributed by atoms with Crippen molar-refractivity contribution in [3.8, 4) is 0 Å². The maximum absolute atomic E-state index is 11.2. The molecule has 0 fully saturated rings. The summed E-state index contributed by atoms with van der Waals surface area (Å²) in [4.78, 5) is 17.2. The highest BCUT2D eigenvalue weighted by molar-refractivity contribution is 5.98. The lowest BCUT2D eigenvalue weighted by Gasteiger charge is -2.25. The number of primary amides is 1. The molecule has 0 aliphatic rings. The van der Waals surface area contributed by atoms with Crippen molar-refractivity contribution in [3.05, 3.63) is 17.8 Å². The number of ether oxygens (including phenoxy) is 1. The number of pyridine rings is 1. The number of rotatable bonds is 5. The van der Waals surface area contributed by atoms with Gasteiger partial charge in [0.1, 0.15) is 5.82 Å². The summed E-state index contributed by atoms with van der Waals surface area (Å²) >= 11 is 0. The van der Waals surface area contributed by atoms with Gasteiger partial charge in [0.15, 0.2) is 0 Å². The van der Waals surface area contributed by atoms with Crippen LogP contribution in [0.4, 0.5) is 11.5 Å². The summed E-state index contributed by atoms with van der Waals surface area (Å²) in [7, 11) is 3.50. The Morgan fingerprint density at radius 2 is 2.29 bits per heavy atom. The molecule has 6 heteroatoms. The molecule has 4 N–H and O–H groups in total. The summed E-state index contributed by atoms with van der Waals surface area (Å²) in [5, 5.41) is 0. The summed E-state index contributed by atoms with van der Waals surface area (Å²) in [5.74, 6) is 0.0801. The average molecular weight is 238 g/mol. The zero-order chi connectivity index (χ0) is 13.0. The third-order valence-corrected chi connectivity index (χ3v) is 2.62. The van der Waals surface area contributed by atoms with Crippen LogP contribution >= 0.6 is 0 Å². The molecule has 0 spiro atoms. The van der Waals surface area contributed by atoms with Crippen molar-refractivity contribution in [2.45, 2.75) is 13.0 Å². The highest BCUT2D eigenvalue weighted by Crippen LogP contribution is 2.18. The van der Waals surface area contributed by atoms with Gasteiger partial charge in [-0.1, -0.05) is 0 Å². The summed E-state index contributed by atoms with van der Waals surface area (Å²) in [6.45, 7) is 2.56. The van der Waals surface area contributed by atoms with Gasteiger partial charge in [-0.05, 0) is 13.0 Å². The third kappa shape index (κ3) is 3.07. The van der Waals surface area contributed by atoms with Crippen molar-refractivity contribution in [2.75, 3.05) is 31.4 Å². The molecule has 0 saturated carbocycles. The molecule has 94 valence electrons. The SMILES string of the molecule is COCC(C)N(C)c1cc(C(N)=O)c(N)cn1. The molecule has 0 aliphatic carbocycles. The van der Waals surface area contributed by atoms with Crippen molar-refractivity contribution in [1.29, 1.82) is 0 Å². The first-order valence-corrected chi connectivity index (χ1v) is 5.24. The lowest BCUT2D eigenvalue weighted by molar-refractivity contribution is 0.100. The van der Waals surface area contributed by atoms with Gasteiger partial charge < -0.3 is 21.1 Å². The van der Waals surface area contributed by atoms with Crippen LogP contribution in [-0.2, 0) is 4.74 Å². The molecule has 0 bridgehead atoms. The Hall–Kier alpha value is -1.82. The minimum absolute atomic E-state index is 0.136. The fraction of sp³-hybridized carbons (Fsp3) is 0.455. The third-order valence-electron chi connectivity index (χ3n) is 2.62. The second-order valence-corrected chi connectivity index (χ2v) is 3.91. The number of carbonyl (C=O) groups is 1. The predicted molar refractivity (Wildman–Crippen MR) is 66.9 cm³/mol. The molecule has 0 saturated heterocycles. The first kappa shape index (κ1) is 13.2. The summed E-state index contributed by atoms with van der Waals surface area (Å²) in [5.41, 5.74) is 11.4. The van der Waals surface area contributed by atoms with E-state index in [1.165, 1.54) is 6.20 Å². The van der Waals surface area contributed by atoms with Gasteiger partial charge in [0.05, 0.1) is 30.1 Å². The lowest BCUT2D eigenvalue weighted by Crippen LogP contribution is -2.33. The Bertz CT molecular complexity index is 408. The number of nitrogens with two attached hydrogens (primary N) is 2. The monoisotopic (exact) mass is 238 g/mol. The molecule has 1 unspecified atom stereocenters. The molecule has 0 aliphatic heterocycles. The molecule has 1 amide bonds. The Kier molecular flexibility index (Phi) is 4.28. The van der Waals surface area contributed by atoms with Crippen LogP contribution in [0.5, 0.6) is 0 Å². The van der Waals surface area contributed by atoms with Gasteiger partial charge in [0, 0.05) is 14.2 Å². The molecule has 1 atom stereocenters. The van der Waals surface area contributed by atoms with Gasteiger partial charge in [0.2, 0.25) is 0 Å². The van der Waals surface area contributed by atoms with Crippen molar-refractivity contribution in [2.24, 2.45) is 5.73 Å². The van der Waals surface area contributed by atoms with E-state index in [2.05, 4.69) is 4.98 Å². The molecule has 1 aromatic heterocycles. The zero-order valence-electron chi connectivity index (χ0n) is 10.3. The van der Waals surface area contributed by atoms with Crippen molar-refractivity contribution in [1.82, 2.24) is 4.98 Å². The number of likely N-dealkylation sites (N-methyl/N-ethyl adjacent to an activating group) is 1. The summed E-state index contributed by atoms with van der Waals surface area (Å²) in [6, 6.07) is 1.72. The molecule has 0 radical (unpaired) electrons. The topological polar surface area (TPSA) is 94.5 Å². The Morgan fingerprint density at radius 3 is 2.82 bits per heavy atom. The van der Waals surface area contributed by atoms with E-state index in [9.17, 15) is 4.79 Å². The maximum Gasteiger partial charge on any atom is 0.250 e. The van der Waals surface area contributed by atoms with Crippen LogP contribution in [0.1, 0.15) is 17.3 Å². The van der Waals surface area contributed by atoms with Crippen LogP contribution in [0.15, 0.2) is 12.3 Å². The van der Waals surface area contributed by atoms with Gasteiger partial charge in [-0.25, -0.2) is 4.98 Å². The molecule has 0 aromatic carbocycles. The molecule has 1 heterocycles. The number of hydrogen-bond acceptors (Lipinski definition) is 5. The van der Waals surface area contributed by atoms with E-state index in [1.54, 1.807) is 13.2 Å². The number of aromatic nitrogens is 1. The average Bonchev–Trinajstić information content (AvgIpc) is 2.28. The predicted octanol–water partition coefficient (Wildman–Crippen LogP) is 0.234. The molecule has 1 aromatic rings. The normalized spacial score (nSPS) is 12.2. The van der Waals surface area contributed by atoms with E-state index in [-0.39, 0.29) is 17.3 Å². The highest BCUT2D eigenvalue weighted by Gasteiger charge is 2.14. The maximum atomic E-state index is 11.2. The van der Waals surface area contributed by atoms with Crippen LogP contribution in [0.2, 0.25) is 0 Å². The highest BCUT2D eigenvalue weighted by atomic mass is 16.5. The van der Waals surface area contributed by atoms with E-state index in [0.29, 0.717) is 12.4 Å². The van der Waals surface area contributed by atoms with Crippen molar-refractivity contribution < 1.29 is 9.53 Å². The summed E-state index contributed by atoms with van der Waals surface area (Å²) in [6.07, 6.45) is 1.44. The van der Waals surface area contributed by atoms with Gasteiger partial charge >= 0.3 is 0 Å². The quantitative estimate of drug-likeness (QED) is 0.766. The molecule has 1 rings (SSSR count). The minimum atomic E-state index is -0.557. The molecule has 17 heavy (non-hydrogen) atoms. The first-order valence-electron chi connectivity index (χ1n) is 5.24. The number of hydrogen-bond donors (Lipinski definition) is 2. The van der Waals surface area contributed by atoms with Crippen LogP contribution in [-0.4, -0.2) is 37.7 Å². The van der Waals surface area contributed by atoms with Gasteiger partial charge in [-0.3, -0.25) is 4.79 Å². The van der Waals surface area contributed by atoms with E-state index in [1.807, 2.05) is 18.9 Å². The van der Waals surface area contributed by atoms with Crippen molar-refractivity contribution >= 4 is 17.4 Å². The fourth-order valence-corrected chi connectivity index (χ4v) is 1.44. The number of anilines is 2. The van der Waals surface area contributed by atoms with E-state index in [0.717, 1.165) is 0 Å².